The summed E-state index contributed by atoms with van der Waals surface area (Å²) in [6.45, 7) is 7.60. The molecule has 2 heterocycles. The molecule has 7 nitrogen and oxygen atoms in total. The minimum atomic E-state index is 0.315. The Morgan fingerprint density at radius 2 is 1.78 bits per heavy atom. The first-order chi connectivity index (χ1) is 11.0. The highest BCUT2D eigenvalue weighted by Gasteiger charge is 2.10. The van der Waals surface area contributed by atoms with Crippen LogP contribution in [0.1, 0.15) is 28.1 Å². The second-order valence-electron chi connectivity index (χ2n) is 5.56. The van der Waals surface area contributed by atoms with Gasteiger partial charge in [-0.15, -0.1) is 10.2 Å². The summed E-state index contributed by atoms with van der Waals surface area (Å²) >= 11 is 0. The van der Waals surface area contributed by atoms with Crippen molar-refractivity contribution in [1.29, 1.82) is 0 Å². The van der Waals surface area contributed by atoms with Crippen molar-refractivity contribution in [1.82, 2.24) is 24.7 Å². The molecule has 0 atom stereocenters. The molecule has 2 aromatic heterocycles. The SMILES string of the molecule is Cc1cc(C)n(-c2nncn2/N=C/c2cc(C)c(O)c(C)c2)n1. The smallest absolute Gasteiger partial charge is 0.273 e. The number of aryl methyl sites for hydroxylation is 4. The number of phenolic OH excluding ortho intramolecular Hbond substituents is 1. The Kier molecular flexibility index (Phi) is 3.69. The molecule has 0 saturated heterocycles. The van der Waals surface area contributed by atoms with Gasteiger partial charge in [0.05, 0.1) is 11.9 Å². The molecule has 0 amide bonds. The highest BCUT2D eigenvalue weighted by atomic mass is 16.3. The zero-order chi connectivity index (χ0) is 16.6. The normalized spacial score (nSPS) is 11.5. The Balaban J connectivity index is 1.96. The van der Waals surface area contributed by atoms with Crippen LogP contribution < -0.4 is 0 Å². The Labute approximate surface area is 133 Å². The van der Waals surface area contributed by atoms with Crippen LogP contribution in [0, 0.1) is 27.7 Å². The first-order valence-electron chi connectivity index (χ1n) is 7.24. The van der Waals surface area contributed by atoms with Crippen molar-refractivity contribution in [3.8, 4) is 11.7 Å². The van der Waals surface area contributed by atoms with E-state index < -0.39 is 0 Å². The predicted octanol–water partition coefficient (Wildman–Crippen LogP) is 2.29. The van der Waals surface area contributed by atoms with Crippen molar-refractivity contribution in [3.63, 3.8) is 0 Å². The number of aromatic hydroxyl groups is 1. The third-order valence-electron chi connectivity index (χ3n) is 3.56. The maximum Gasteiger partial charge on any atom is 0.273 e. The Morgan fingerprint density at radius 3 is 2.39 bits per heavy atom. The van der Waals surface area contributed by atoms with Gasteiger partial charge in [0, 0.05) is 5.69 Å². The van der Waals surface area contributed by atoms with Crippen LogP contribution in [0.25, 0.3) is 5.95 Å². The first kappa shape index (κ1) is 15.0. The minimum Gasteiger partial charge on any atom is -0.507 e. The number of nitrogens with zero attached hydrogens (tertiary/aromatic N) is 6. The van der Waals surface area contributed by atoms with Gasteiger partial charge >= 0.3 is 0 Å². The van der Waals surface area contributed by atoms with E-state index in [1.165, 1.54) is 6.33 Å². The minimum absolute atomic E-state index is 0.315. The molecule has 0 radical (unpaired) electrons. The summed E-state index contributed by atoms with van der Waals surface area (Å²) in [6.07, 6.45) is 3.24. The number of rotatable bonds is 3. The standard InChI is InChI=1S/C16H18N6O/c1-10-5-14(6-11(2)15(10)23)8-18-21-9-17-19-16(21)22-13(4)7-12(3)20-22/h5-9,23H,1-4H3/b18-8+. The van der Waals surface area contributed by atoms with Crippen LogP contribution in [0.4, 0.5) is 0 Å². The van der Waals surface area contributed by atoms with E-state index in [1.807, 2.05) is 45.9 Å². The van der Waals surface area contributed by atoms with Crippen LogP contribution in [0.15, 0.2) is 29.6 Å². The molecule has 3 rings (SSSR count). The van der Waals surface area contributed by atoms with Gasteiger partial charge in [-0.3, -0.25) is 0 Å². The maximum absolute atomic E-state index is 9.83. The van der Waals surface area contributed by atoms with E-state index in [-0.39, 0.29) is 0 Å². The number of hydrogen-bond acceptors (Lipinski definition) is 5. The van der Waals surface area contributed by atoms with Gasteiger partial charge in [0.25, 0.3) is 5.95 Å². The fourth-order valence-corrected chi connectivity index (χ4v) is 2.47. The molecule has 23 heavy (non-hydrogen) atoms. The van der Waals surface area contributed by atoms with Crippen molar-refractivity contribution < 1.29 is 5.11 Å². The molecule has 0 fully saturated rings. The molecule has 0 aliphatic carbocycles. The largest absolute Gasteiger partial charge is 0.507 e. The van der Waals surface area contributed by atoms with Crippen LogP contribution in [0.5, 0.6) is 5.75 Å². The van der Waals surface area contributed by atoms with Gasteiger partial charge in [-0.2, -0.15) is 14.9 Å². The molecule has 7 heteroatoms. The molecule has 3 aromatic rings. The van der Waals surface area contributed by atoms with Crippen LogP contribution in [-0.2, 0) is 0 Å². The molecule has 0 aliphatic heterocycles. The van der Waals surface area contributed by atoms with Crippen LogP contribution >= 0.6 is 0 Å². The van der Waals surface area contributed by atoms with Crippen LogP contribution in [0.3, 0.4) is 0 Å². The second-order valence-corrected chi connectivity index (χ2v) is 5.56. The maximum atomic E-state index is 9.83. The Hall–Kier alpha value is -2.96. The summed E-state index contributed by atoms with van der Waals surface area (Å²) in [7, 11) is 0. The summed E-state index contributed by atoms with van der Waals surface area (Å²) in [4.78, 5) is 0. The Morgan fingerprint density at radius 1 is 1.09 bits per heavy atom. The van der Waals surface area contributed by atoms with Crippen LogP contribution in [0.2, 0.25) is 0 Å². The van der Waals surface area contributed by atoms with Gasteiger partial charge in [0.15, 0.2) is 0 Å². The van der Waals surface area contributed by atoms with E-state index in [0.29, 0.717) is 11.7 Å². The lowest BCUT2D eigenvalue weighted by Crippen LogP contribution is -2.06. The fourth-order valence-electron chi connectivity index (χ4n) is 2.47. The van der Waals surface area contributed by atoms with Gasteiger partial charge in [-0.25, -0.2) is 4.68 Å². The van der Waals surface area contributed by atoms with Gasteiger partial charge in [-0.1, -0.05) is 0 Å². The van der Waals surface area contributed by atoms with Crippen molar-refractivity contribution in [2.24, 2.45) is 5.10 Å². The molecule has 0 bridgehead atoms. The van der Waals surface area contributed by atoms with Crippen molar-refractivity contribution in [2.45, 2.75) is 27.7 Å². The number of benzene rings is 1. The third-order valence-corrected chi connectivity index (χ3v) is 3.56. The average molecular weight is 310 g/mol. The van der Waals surface area contributed by atoms with E-state index in [4.69, 9.17) is 0 Å². The van der Waals surface area contributed by atoms with Gasteiger partial charge in [0.1, 0.15) is 12.1 Å². The average Bonchev–Trinajstić information content (AvgIpc) is 3.08. The molecule has 0 saturated carbocycles. The van der Waals surface area contributed by atoms with E-state index in [2.05, 4.69) is 20.4 Å². The van der Waals surface area contributed by atoms with Crippen LogP contribution in [-0.4, -0.2) is 36.0 Å². The summed E-state index contributed by atoms with van der Waals surface area (Å²) in [5.74, 6) is 0.842. The quantitative estimate of drug-likeness (QED) is 0.753. The molecule has 0 unspecified atom stereocenters. The van der Waals surface area contributed by atoms with Gasteiger partial charge < -0.3 is 5.11 Å². The fraction of sp³-hybridized carbons (Fsp3) is 0.250. The lowest BCUT2D eigenvalue weighted by molar-refractivity contribution is 0.467. The predicted molar refractivity (Wildman–Crippen MR) is 87.2 cm³/mol. The molecule has 118 valence electrons. The van der Waals surface area contributed by atoms with E-state index in [0.717, 1.165) is 28.1 Å². The molecular formula is C16H18N6O. The van der Waals surface area contributed by atoms with E-state index >= 15 is 0 Å². The zero-order valence-corrected chi connectivity index (χ0v) is 13.5. The highest BCUT2D eigenvalue weighted by Crippen LogP contribution is 2.22. The van der Waals surface area contributed by atoms with Crippen molar-refractivity contribution in [3.05, 3.63) is 52.6 Å². The molecule has 0 aliphatic rings. The molecule has 0 spiro atoms. The lowest BCUT2D eigenvalue weighted by atomic mass is 10.1. The summed E-state index contributed by atoms with van der Waals surface area (Å²) in [6, 6.07) is 5.72. The van der Waals surface area contributed by atoms with E-state index in [9.17, 15) is 5.11 Å². The molecular weight excluding hydrogens is 292 g/mol. The summed E-state index contributed by atoms with van der Waals surface area (Å²) < 4.78 is 3.27. The summed E-state index contributed by atoms with van der Waals surface area (Å²) in [5, 5.41) is 26.6. The monoisotopic (exact) mass is 310 g/mol. The van der Waals surface area contributed by atoms with Crippen molar-refractivity contribution in [2.75, 3.05) is 0 Å². The van der Waals surface area contributed by atoms with Gasteiger partial charge in [-0.05, 0) is 62.6 Å². The third kappa shape index (κ3) is 2.85. The number of aromatic nitrogens is 5. The van der Waals surface area contributed by atoms with Crippen molar-refractivity contribution >= 4 is 6.21 Å². The topological polar surface area (TPSA) is 81.1 Å². The summed E-state index contributed by atoms with van der Waals surface area (Å²) in [5.41, 5.74) is 4.39. The molecule has 1 aromatic carbocycles. The number of phenols is 1. The van der Waals surface area contributed by atoms with E-state index in [1.54, 1.807) is 15.6 Å². The number of hydrogen-bond donors (Lipinski definition) is 1. The Bertz CT molecular complexity index is 867. The molecule has 1 N–H and O–H groups in total. The first-order valence-corrected chi connectivity index (χ1v) is 7.24. The highest BCUT2D eigenvalue weighted by molar-refractivity contribution is 5.80. The lowest BCUT2D eigenvalue weighted by Gasteiger charge is -2.05. The second kappa shape index (κ2) is 5.68. The van der Waals surface area contributed by atoms with Gasteiger partial charge in [0.2, 0.25) is 0 Å². The zero-order valence-electron chi connectivity index (χ0n) is 13.5.